The fourth-order valence-electron chi connectivity index (χ4n) is 3.20. The van der Waals surface area contributed by atoms with Gasteiger partial charge in [-0.15, -0.1) is 11.3 Å². The molecule has 2 heterocycles. The first kappa shape index (κ1) is 14.7. The highest BCUT2D eigenvalue weighted by Crippen LogP contribution is 2.37. The third-order valence-electron chi connectivity index (χ3n) is 4.19. The van der Waals surface area contributed by atoms with Crippen molar-refractivity contribution >= 4 is 11.3 Å². The number of hydrogen-bond donors (Lipinski definition) is 1. The highest BCUT2D eigenvalue weighted by molar-refractivity contribution is 7.10. The molecule has 5 heteroatoms. The van der Waals surface area contributed by atoms with Gasteiger partial charge in [-0.25, -0.2) is 9.67 Å². The number of fused-ring (bicyclic) bond motifs is 1. The van der Waals surface area contributed by atoms with E-state index in [1.165, 1.54) is 23.3 Å². The zero-order chi connectivity index (χ0) is 14.8. The SMILES string of the molecule is CC(C)Cn1ncnc1CC(O)C1CCCc2sccc21. The van der Waals surface area contributed by atoms with Crippen molar-refractivity contribution in [2.45, 2.75) is 58.1 Å². The third kappa shape index (κ3) is 3.19. The van der Waals surface area contributed by atoms with E-state index in [9.17, 15) is 5.11 Å². The molecule has 0 amide bonds. The minimum Gasteiger partial charge on any atom is -0.392 e. The average molecular weight is 305 g/mol. The molecule has 0 spiro atoms. The minimum absolute atomic E-state index is 0.254. The van der Waals surface area contributed by atoms with Crippen molar-refractivity contribution in [2.24, 2.45) is 5.92 Å². The summed E-state index contributed by atoms with van der Waals surface area (Å²) in [5, 5.41) is 17.1. The smallest absolute Gasteiger partial charge is 0.138 e. The Morgan fingerprint density at radius 3 is 3.14 bits per heavy atom. The standard InChI is InChI=1S/C16H23N3OS/c1-11(2)9-19-16(17-10-18-19)8-14(20)12-4-3-5-15-13(12)6-7-21-15/h6-7,10-12,14,20H,3-5,8-9H2,1-2H3. The Morgan fingerprint density at radius 2 is 2.33 bits per heavy atom. The lowest BCUT2D eigenvalue weighted by Gasteiger charge is -2.27. The monoisotopic (exact) mass is 305 g/mol. The summed E-state index contributed by atoms with van der Waals surface area (Å²) in [7, 11) is 0. The van der Waals surface area contributed by atoms with Crippen molar-refractivity contribution < 1.29 is 5.11 Å². The fourth-order valence-corrected chi connectivity index (χ4v) is 4.19. The molecule has 0 aliphatic heterocycles. The lowest BCUT2D eigenvalue weighted by Crippen LogP contribution is -2.26. The molecular weight excluding hydrogens is 282 g/mol. The Morgan fingerprint density at radius 1 is 1.48 bits per heavy atom. The van der Waals surface area contributed by atoms with Crippen LogP contribution in [0.1, 0.15) is 48.9 Å². The second kappa shape index (κ2) is 6.28. The van der Waals surface area contributed by atoms with Crippen molar-refractivity contribution in [1.29, 1.82) is 0 Å². The van der Waals surface area contributed by atoms with E-state index in [1.54, 1.807) is 6.33 Å². The van der Waals surface area contributed by atoms with Gasteiger partial charge in [0.25, 0.3) is 0 Å². The normalized spacial score (nSPS) is 19.7. The van der Waals surface area contributed by atoms with Crippen LogP contribution in [0.4, 0.5) is 0 Å². The molecule has 0 saturated heterocycles. The van der Waals surface area contributed by atoms with Gasteiger partial charge in [-0.2, -0.15) is 5.10 Å². The second-order valence-corrected chi connectivity index (χ2v) is 7.32. The van der Waals surface area contributed by atoms with Crippen LogP contribution in [0.2, 0.25) is 0 Å². The van der Waals surface area contributed by atoms with E-state index in [0.29, 0.717) is 12.3 Å². The highest BCUT2D eigenvalue weighted by Gasteiger charge is 2.28. The molecule has 2 atom stereocenters. The molecule has 1 aliphatic rings. The number of thiophene rings is 1. The summed E-state index contributed by atoms with van der Waals surface area (Å²) in [5.41, 5.74) is 1.36. The zero-order valence-corrected chi connectivity index (χ0v) is 13.5. The quantitative estimate of drug-likeness (QED) is 0.924. The Balaban J connectivity index is 1.73. The van der Waals surface area contributed by atoms with Gasteiger partial charge in [0.15, 0.2) is 0 Å². The number of nitrogens with zero attached hydrogens (tertiary/aromatic N) is 3. The molecule has 2 aromatic heterocycles. The van der Waals surface area contributed by atoms with Gasteiger partial charge >= 0.3 is 0 Å². The fraction of sp³-hybridized carbons (Fsp3) is 0.625. The van der Waals surface area contributed by atoms with E-state index >= 15 is 0 Å². The van der Waals surface area contributed by atoms with E-state index in [4.69, 9.17) is 0 Å². The Labute approximate surface area is 129 Å². The van der Waals surface area contributed by atoms with Crippen LogP contribution >= 0.6 is 11.3 Å². The molecule has 0 aromatic carbocycles. The van der Waals surface area contributed by atoms with E-state index in [2.05, 4.69) is 35.4 Å². The topological polar surface area (TPSA) is 50.9 Å². The maximum atomic E-state index is 10.7. The third-order valence-corrected chi connectivity index (χ3v) is 5.18. The van der Waals surface area contributed by atoms with Gasteiger partial charge in [-0.1, -0.05) is 13.8 Å². The molecule has 21 heavy (non-hydrogen) atoms. The first-order chi connectivity index (χ1) is 10.1. The van der Waals surface area contributed by atoms with Gasteiger partial charge in [0, 0.05) is 23.8 Å². The van der Waals surface area contributed by atoms with Gasteiger partial charge in [-0.05, 0) is 42.2 Å². The van der Waals surface area contributed by atoms with E-state index in [-0.39, 0.29) is 12.0 Å². The molecule has 2 aromatic rings. The van der Waals surface area contributed by atoms with Crippen molar-refractivity contribution in [3.63, 3.8) is 0 Å². The minimum atomic E-state index is -0.367. The maximum absolute atomic E-state index is 10.7. The summed E-state index contributed by atoms with van der Waals surface area (Å²) in [6.45, 7) is 5.19. The van der Waals surface area contributed by atoms with E-state index in [0.717, 1.165) is 18.8 Å². The second-order valence-electron chi connectivity index (χ2n) is 6.32. The lowest BCUT2D eigenvalue weighted by atomic mass is 9.82. The lowest BCUT2D eigenvalue weighted by molar-refractivity contribution is 0.131. The molecular formula is C16H23N3OS. The van der Waals surface area contributed by atoms with Gasteiger partial charge in [0.05, 0.1) is 6.10 Å². The van der Waals surface area contributed by atoms with Gasteiger partial charge in [0.2, 0.25) is 0 Å². The number of hydrogen-bond acceptors (Lipinski definition) is 4. The average Bonchev–Trinajstić information content (AvgIpc) is 3.07. The number of aliphatic hydroxyl groups excluding tert-OH is 1. The number of aromatic nitrogens is 3. The molecule has 2 unspecified atom stereocenters. The van der Waals surface area contributed by atoms with Crippen molar-refractivity contribution in [3.05, 3.63) is 34.0 Å². The summed E-state index contributed by atoms with van der Waals surface area (Å²) in [5.74, 6) is 1.68. The van der Waals surface area contributed by atoms with Gasteiger partial charge in [0.1, 0.15) is 12.2 Å². The molecule has 114 valence electrons. The first-order valence-corrected chi connectivity index (χ1v) is 8.64. The summed E-state index contributed by atoms with van der Waals surface area (Å²) < 4.78 is 1.94. The molecule has 1 aliphatic carbocycles. The molecule has 4 nitrogen and oxygen atoms in total. The van der Waals surface area contributed by atoms with Crippen LogP contribution < -0.4 is 0 Å². The molecule has 0 saturated carbocycles. The van der Waals surface area contributed by atoms with Crippen LogP contribution in [0.3, 0.4) is 0 Å². The van der Waals surface area contributed by atoms with Crippen LogP contribution in [0, 0.1) is 5.92 Å². The summed E-state index contributed by atoms with van der Waals surface area (Å²) in [6.07, 6.45) is 5.24. The predicted octanol–water partition coefficient (Wildman–Crippen LogP) is 3.02. The summed E-state index contributed by atoms with van der Waals surface area (Å²) in [4.78, 5) is 5.79. The molecule has 0 fully saturated rings. The van der Waals surface area contributed by atoms with Crippen LogP contribution in [-0.4, -0.2) is 26.0 Å². The van der Waals surface area contributed by atoms with E-state index in [1.807, 2.05) is 16.0 Å². The highest BCUT2D eigenvalue weighted by atomic mass is 32.1. The Kier molecular flexibility index (Phi) is 4.40. The van der Waals surface area contributed by atoms with Crippen LogP contribution in [0.15, 0.2) is 17.8 Å². The van der Waals surface area contributed by atoms with E-state index < -0.39 is 0 Å². The van der Waals surface area contributed by atoms with Crippen LogP contribution in [0.5, 0.6) is 0 Å². The van der Waals surface area contributed by atoms with Gasteiger partial charge in [-0.3, -0.25) is 0 Å². The Bertz CT molecular complexity index is 590. The molecule has 1 N–H and O–H groups in total. The van der Waals surface area contributed by atoms with Crippen LogP contribution in [0.25, 0.3) is 0 Å². The predicted molar refractivity (Wildman–Crippen MR) is 84.6 cm³/mol. The molecule has 3 rings (SSSR count). The molecule has 0 radical (unpaired) electrons. The number of aliphatic hydroxyl groups is 1. The van der Waals surface area contributed by atoms with Crippen molar-refractivity contribution in [2.75, 3.05) is 0 Å². The molecule has 0 bridgehead atoms. The largest absolute Gasteiger partial charge is 0.392 e. The zero-order valence-electron chi connectivity index (χ0n) is 12.7. The van der Waals surface area contributed by atoms with Gasteiger partial charge < -0.3 is 5.11 Å². The van der Waals surface area contributed by atoms with Crippen molar-refractivity contribution in [3.8, 4) is 0 Å². The van der Waals surface area contributed by atoms with Crippen molar-refractivity contribution in [1.82, 2.24) is 14.8 Å². The summed E-state index contributed by atoms with van der Waals surface area (Å²) >= 11 is 1.82. The maximum Gasteiger partial charge on any atom is 0.138 e. The number of aryl methyl sites for hydroxylation is 1. The summed E-state index contributed by atoms with van der Waals surface area (Å²) in [6, 6.07) is 2.19. The first-order valence-electron chi connectivity index (χ1n) is 7.76. The Hall–Kier alpha value is -1.20. The van der Waals surface area contributed by atoms with Crippen LogP contribution in [-0.2, 0) is 19.4 Å². The number of rotatable bonds is 5.